The van der Waals surface area contributed by atoms with Gasteiger partial charge in [-0.15, -0.1) is 0 Å². The van der Waals surface area contributed by atoms with Crippen LogP contribution in [0.2, 0.25) is 5.02 Å². The smallest absolute Gasteiger partial charge is 0.313 e. The fraction of sp³-hybridized carbons (Fsp3) is 0.500. The fourth-order valence-electron chi connectivity index (χ4n) is 1.76. The maximum atomic E-state index is 11.7. The van der Waals surface area contributed by atoms with Gasteiger partial charge in [0.25, 0.3) is 0 Å². The summed E-state index contributed by atoms with van der Waals surface area (Å²) in [6, 6.07) is 6.44. The Bertz CT molecular complexity index is 513. The molecule has 0 unspecified atom stereocenters. The standard InChI is InChI=1S/C16H23ClN2O3/c1-11(2)8-9-16(3,22)10-18-14(20)15(21)19-13-6-4-12(17)5-7-13/h4-7,11,22H,8-10H2,1-3H3,(H,18,20)(H,19,21)/t16-/m0/s1. The molecule has 1 aromatic rings. The van der Waals surface area contributed by atoms with Crippen molar-refractivity contribution in [1.29, 1.82) is 0 Å². The summed E-state index contributed by atoms with van der Waals surface area (Å²) in [4.78, 5) is 23.5. The number of halogens is 1. The van der Waals surface area contributed by atoms with Crippen LogP contribution in [-0.4, -0.2) is 29.1 Å². The van der Waals surface area contributed by atoms with E-state index in [9.17, 15) is 14.7 Å². The molecule has 0 saturated carbocycles. The third kappa shape index (κ3) is 6.91. The van der Waals surface area contributed by atoms with Crippen LogP contribution in [-0.2, 0) is 9.59 Å². The van der Waals surface area contributed by atoms with Gasteiger partial charge in [0, 0.05) is 17.3 Å². The molecule has 22 heavy (non-hydrogen) atoms. The minimum absolute atomic E-state index is 0.0343. The zero-order valence-electron chi connectivity index (χ0n) is 13.1. The van der Waals surface area contributed by atoms with E-state index in [4.69, 9.17) is 11.6 Å². The Morgan fingerprint density at radius 2 is 1.82 bits per heavy atom. The van der Waals surface area contributed by atoms with Gasteiger partial charge in [-0.3, -0.25) is 9.59 Å². The molecule has 3 N–H and O–H groups in total. The van der Waals surface area contributed by atoms with Gasteiger partial charge in [0.1, 0.15) is 0 Å². The van der Waals surface area contributed by atoms with E-state index in [1.54, 1.807) is 31.2 Å². The number of anilines is 1. The summed E-state index contributed by atoms with van der Waals surface area (Å²) in [5, 5.41) is 15.6. The Morgan fingerprint density at radius 3 is 2.36 bits per heavy atom. The van der Waals surface area contributed by atoms with Crippen molar-refractivity contribution in [2.45, 2.75) is 39.2 Å². The van der Waals surface area contributed by atoms with Crippen molar-refractivity contribution >= 4 is 29.1 Å². The monoisotopic (exact) mass is 326 g/mol. The summed E-state index contributed by atoms with van der Waals surface area (Å²) in [6.45, 7) is 5.81. The third-order valence-corrected chi connectivity index (χ3v) is 3.45. The van der Waals surface area contributed by atoms with Gasteiger partial charge in [-0.05, 0) is 49.9 Å². The highest BCUT2D eigenvalue weighted by atomic mass is 35.5. The van der Waals surface area contributed by atoms with Gasteiger partial charge in [0.2, 0.25) is 0 Å². The maximum absolute atomic E-state index is 11.7. The Kier molecular flexibility index (Phi) is 6.84. The lowest BCUT2D eigenvalue weighted by Crippen LogP contribution is -2.44. The summed E-state index contributed by atoms with van der Waals surface area (Å²) >= 11 is 5.74. The van der Waals surface area contributed by atoms with Gasteiger partial charge >= 0.3 is 11.8 Å². The van der Waals surface area contributed by atoms with E-state index in [2.05, 4.69) is 24.5 Å². The molecular weight excluding hydrogens is 304 g/mol. The van der Waals surface area contributed by atoms with E-state index in [1.165, 1.54) is 0 Å². The molecule has 0 aliphatic carbocycles. The van der Waals surface area contributed by atoms with E-state index < -0.39 is 17.4 Å². The molecule has 122 valence electrons. The second-order valence-electron chi connectivity index (χ2n) is 6.07. The lowest BCUT2D eigenvalue weighted by Gasteiger charge is -2.24. The molecule has 0 aliphatic rings. The first-order valence-corrected chi connectivity index (χ1v) is 7.64. The normalized spacial score (nSPS) is 13.5. The summed E-state index contributed by atoms with van der Waals surface area (Å²) in [5.74, 6) is -1.09. The Balaban J connectivity index is 2.44. The molecule has 0 bridgehead atoms. The second kappa shape index (κ2) is 8.15. The van der Waals surface area contributed by atoms with E-state index in [1.807, 2.05) is 0 Å². The molecule has 0 saturated heterocycles. The number of amides is 2. The quantitative estimate of drug-likeness (QED) is 0.703. The molecular formula is C16H23ClN2O3. The molecule has 0 fully saturated rings. The third-order valence-electron chi connectivity index (χ3n) is 3.20. The van der Waals surface area contributed by atoms with Gasteiger partial charge in [-0.2, -0.15) is 0 Å². The van der Waals surface area contributed by atoms with Gasteiger partial charge in [-0.25, -0.2) is 0 Å². The first-order valence-electron chi connectivity index (χ1n) is 7.27. The number of carbonyl (C=O) groups excluding carboxylic acids is 2. The van der Waals surface area contributed by atoms with Crippen LogP contribution in [0.4, 0.5) is 5.69 Å². The molecule has 1 aromatic carbocycles. The molecule has 6 heteroatoms. The number of hydrogen-bond acceptors (Lipinski definition) is 3. The highest BCUT2D eigenvalue weighted by Crippen LogP contribution is 2.16. The van der Waals surface area contributed by atoms with Crippen LogP contribution in [0.1, 0.15) is 33.6 Å². The molecule has 0 aromatic heterocycles. The average Bonchev–Trinajstić information content (AvgIpc) is 2.45. The Hall–Kier alpha value is -1.59. The van der Waals surface area contributed by atoms with E-state index in [0.717, 1.165) is 6.42 Å². The summed E-state index contributed by atoms with van der Waals surface area (Å²) in [7, 11) is 0. The van der Waals surface area contributed by atoms with E-state index in [0.29, 0.717) is 23.0 Å². The lowest BCUT2D eigenvalue weighted by atomic mass is 9.95. The molecule has 1 rings (SSSR count). The lowest BCUT2D eigenvalue weighted by molar-refractivity contribution is -0.136. The van der Waals surface area contributed by atoms with E-state index in [-0.39, 0.29) is 6.54 Å². The average molecular weight is 327 g/mol. The van der Waals surface area contributed by atoms with Crippen LogP contribution >= 0.6 is 11.6 Å². The van der Waals surface area contributed by atoms with Crippen LogP contribution in [0.3, 0.4) is 0 Å². The van der Waals surface area contributed by atoms with Crippen molar-refractivity contribution in [2.75, 3.05) is 11.9 Å². The summed E-state index contributed by atoms with van der Waals surface area (Å²) < 4.78 is 0. The fourth-order valence-corrected chi connectivity index (χ4v) is 1.89. The second-order valence-corrected chi connectivity index (χ2v) is 6.51. The minimum Gasteiger partial charge on any atom is -0.388 e. The number of hydrogen-bond donors (Lipinski definition) is 3. The van der Waals surface area contributed by atoms with Crippen molar-refractivity contribution in [3.8, 4) is 0 Å². The number of carbonyl (C=O) groups is 2. The molecule has 0 radical (unpaired) electrons. The molecule has 2 amide bonds. The molecule has 0 heterocycles. The number of aliphatic hydroxyl groups is 1. The molecule has 0 aliphatic heterocycles. The number of rotatable bonds is 6. The van der Waals surface area contributed by atoms with Crippen LogP contribution in [0, 0.1) is 5.92 Å². The highest BCUT2D eigenvalue weighted by Gasteiger charge is 2.23. The predicted octanol–water partition coefficient (Wildman–Crippen LogP) is 2.58. The minimum atomic E-state index is -1.03. The van der Waals surface area contributed by atoms with Crippen molar-refractivity contribution < 1.29 is 14.7 Å². The van der Waals surface area contributed by atoms with Crippen molar-refractivity contribution in [2.24, 2.45) is 5.92 Å². The number of nitrogens with one attached hydrogen (secondary N) is 2. The molecule has 1 atom stereocenters. The van der Waals surface area contributed by atoms with Crippen LogP contribution < -0.4 is 10.6 Å². The first-order chi connectivity index (χ1) is 10.2. The zero-order chi connectivity index (χ0) is 16.8. The Morgan fingerprint density at radius 1 is 1.23 bits per heavy atom. The Labute approximate surface area is 136 Å². The topological polar surface area (TPSA) is 78.4 Å². The van der Waals surface area contributed by atoms with Gasteiger partial charge < -0.3 is 15.7 Å². The van der Waals surface area contributed by atoms with Crippen LogP contribution in [0.15, 0.2) is 24.3 Å². The highest BCUT2D eigenvalue weighted by molar-refractivity contribution is 6.39. The largest absolute Gasteiger partial charge is 0.388 e. The van der Waals surface area contributed by atoms with Crippen LogP contribution in [0.25, 0.3) is 0 Å². The molecule has 0 spiro atoms. The van der Waals surface area contributed by atoms with Crippen molar-refractivity contribution in [3.63, 3.8) is 0 Å². The maximum Gasteiger partial charge on any atom is 0.313 e. The zero-order valence-corrected chi connectivity index (χ0v) is 13.9. The van der Waals surface area contributed by atoms with E-state index >= 15 is 0 Å². The number of benzene rings is 1. The van der Waals surface area contributed by atoms with Crippen LogP contribution in [0.5, 0.6) is 0 Å². The summed E-state index contributed by atoms with van der Waals surface area (Å²) in [6.07, 6.45) is 1.41. The van der Waals surface area contributed by atoms with Gasteiger partial charge in [-0.1, -0.05) is 25.4 Å². The van der Waals surface area contributed by atoms with Crippen molar-refractivity contribution in [3.05, 3.63) is 29.3 Å². The van der Waals surface area contributed by atoms with Gasteiger partial charge in [0.15, 0.2) is 0 Å². The predicted molar refractivity (Wildman–Crippen MR) is 87.8 cm³/mol. The SMILES string of the molecule is CC(C)CC[C@](C)(O)CNC(=O)C(=O)Nc1ccc(Cl)cc1. The molecule has 5 nitrogen and oxygen atoms in total. The van der Waals surface area contributed by atoms with Gasteiger partial charge in [0.05, 0.1) is 5.60 Å². The van der Waals surface area contributed by atoms with Crippen molar-refractivity contribution in [1.82, 2.24) is 5.32 Å². The first kappa shape index (κ1) is 18.5. The summed E-state index contributed by atoms with van der Waals surface area (Å²) in [5.41, 5.74) is -0.545.